The van der Waals surface area contributed by atoms with E-state index in [2.05, 4.69) is 64.8 Å². The third-order valence-corrected chi connectivity index (χ3v) is 2.93. The summed E-state index contributed by atoms with van der Waals surface area (Å²) >= 11 is 0. The van der Waals surface area contributed by atoms with Crippen LogP contribution in [0.2, 0.25) is 0 Å². The summed E-state index contributed by atoms with van der Waals surface area (Å²) in [4.78, 5) is 0. The predicted molar refractivity (Wildman–Crippen MR) is 170 cm³/mol. The lowest BCUT2D eigenvalue weighted by Crippen LogP contribution is -1.97. The highest BCUT2D eigenvalue weighted by atomic mass is 14.1. The Balaban J connectivity index is -0.0000000359. The van der Waals surface area contributed by atoms with Gasteiger partial charge in [0.25, 0.3) is 0 Å². The van der Waals surface area contributed by atoms with Gasteiger partial charge in [-0.05, 0) is 25.7 Å². The van der Waals surface area contributed by atoms with Crippen molar-refractivity contribution < 1.29 is 0 Å². The molecule has 0 fully saturated rings. The Bertz CT molecular complexity index is 239. The van der Waals surface area contributed by atoms with E-state index in [0.717, 1.165) is 12.3 Å². The van der Waals surface area contributed by atoms with Crippen molar-refractivity contribution in [1.29, 1.82) is 0 Å². The number of allylic oxidation sites excluding steroid dienone is 4. The Hall–Kier alpha value is -0.960. The summed E-state index contributed by atoms with van der Waals surface area (Å²) in [6.45, 7) is 36.8. The van der Waals surface area contributed by atoms with E-state index in [-0.39, 0.29) is 0 Å². The Labute approximate surface area is 218 Å². The van der Waals surface area contributed by atoms with E-state index in [1.807, 2.05) is 90.0 Å². The monoisotopic (exact) mass is 473 g/mol. The van der Waals surface area contributed by atoms with Crippen LogP contribution in [0.3, 0.4) is 0 Å². The number of unbranched alkanes of at least 4 members (excludes halogenated alkanes) is 1. The molecule has 0 aromatic carbocycles. The molecule has 0 aliphatic carbocycles. The van der Waals surface area contributed by atoms with E-state index in [1.165, 1.54) is 44.9 Å². The largest absolute Gasteiger partial charge is 0.120 e. The highest BCUT2D eigenvalue weighted by Gasteiger charge is 2.03. The summed E-state index contributed by atoms with van der Waals surface area (Å²) in [5, 5.41) is 0. The fourth-order valence-electron chi connectivity index (χ4n) is 1.66. The minimum absolute atomic E-state index is 0.847. The highest BCUT2D eigenvalue weighted by Crippen LogP contribution is 2.18. The van der Waals surface area contributed by atoms with Crippen LogP contribution in [0.1, 0.15) is 176 Å². The maximum absolute atomic E-state index is 4.78. The second-order valence-electron chi connectivity index (χ2n) is 5.21. The molecule has 0 aromatic rings. The molecule has 0 bridgehead atoms. The van der Waals surface area contributed by atoms with Gasteiger partial charge in [0.05, 0.1) is 0 Å². The molecule has 0 rings (SSSR count). The molecule has 0 heterocycles. The lowest BCUT2D eigenvalue weighted by molar-refractivity contribution is 0.425. The zero-order valence-electron chi connectivity index (χ0n) is 27.6. The van der Waals surface area contributed by atoms with E-state index in [1.54, 1.807) is 0 Å². The van der Waals surface area contributed by atoms with Crippen LogP contribution in [0.4, 0.5) is 0 Å². The van der Waals surface area contributed by atoms with Gasteiger partial charge < -0.3 is 0 Å². The fraction of sp³-hybridized carbons (Fsp3) is 0.818. The fourth-order valence-corrected chi connectivity index (χ4v) is 1.66. The van der Waals surface area contributed by atoms with E-state index in [0.29, 0.717) is 0 Å². The molecule has 0 saturated carbocycles. The van der Waals surface area contributed by atoms with E-state index in [4.69, 9.17) is 6.42 Å². The SMILES string of the molecule is C#CCC.CC.CC.CC.CC.CC.CC.CC=CC=CCCC(CC)CCCC.CCC. The van der Waals surface area contributed by atoms with Crippen LogP contribution in [0.15, 0.2) is 24.3 Å². The lowest BCUT2D eigenvalue weighted by Gasteiger charge is -2.12. The van der Waals surface area contributed by atoms with Crippen molar-refractivity contribution in [3.8, 4) is 12.3 Å². The molecule has 0 spiro atoms. The molecule has 0 nitrogen and oxygen atoms in total. The van der Waals surface area contributed by atoms with Gasteiger partial charge in [-0.1, -0.05) is 174 Å². The van der Waals surface area contributed by atoms with Crippen molar-refractivity contribution >= 4 is 0 Å². The number of terminal acetylenes is 1. The number of hydrogen-bond acceptors (Lipinski definition) is 0. The zero-order valence-corrected chi connectivity index (χ0v) is 27.6. The van der Waals surface area contributed by atoms with Gasteiger partial charge in [0.2, 0.25) is 0 Å². The average Bonchev–Trinajstić information content (AvgIpc) is 2.93. The van der Waals surface area contributed by atoms with Crippen LogP contribution in [0, 0.1) is 18.3 Å². The standard InChI is InChI=1S/C14H26.C4H6.C3H8.6C2H6/c1-4-7-9-10-11-13-14(6-3)12-8-5-2;1-3-4-2;1-3-2;6*1-2/h4,7,9-10,14H,5-6,8,11-13H2,1-3H3;1H,4H2,2H3;3H2,1-2H3;6*1-2H3. The molecule has 0 aliphatic rings. The first kappa shape index (κ1) is 58.2. The molecule has 0 heteroatoms. The normalized spacial score (nSPS) is 8.27. The van der Waals surface area contributed by atoms with Gasteiger partial charge >= 0.3 is 0 Å². The van der Waals surface area contributed by atoms with Crippen LogP contribution in [0.5, 0.6) is 0 Å². The Morgan fingerprint density at radius 3 is 1.27 bits per heavy atom. The van der Waals surface area contributed by atoms with Crippen molar-refractivity contribution in [1.82, 2.24) is 0 Å². The quantitative estimate of drug-likeness (QED) is 0.243. The molecular formula is C33H76. The molecular weight excluding hydrogens is 396 g/mol. The third kappa shape index (κ3) is 154. The Kier molecular flexibility index (Phi) is 218. The third-order valence-electron chi connectivity index (χ3n) is 2.93. The van der Waals surface area contributed by atoms with Gasteiger partial charge in [0, 0.05) is 6.42 Å². The minimum atomic E-state index is 0.847. The summed E-state index contributed by atoms with van der Waals surface area (Å²) in [6, 6.07) is 0. The maximum atomic E-state index is 4.78. The van der Waals surface area contributed by atoms with Crippen LogP contribution in [-0.4, -0.2) is 0 Å². The first-order chi connectivity index (χ1) is 16.2. The Morgan fingerprint density at radius 2 is 1.03 bits per heavy atom. The van der Waals surface area contributed by atoms with Gasteiger partial charge in [0.1, 0.15) is 0 Å². The predicted octanol–water partition coefficient (Wildman–Crippen LogP) is 13.7. The topological polar surface area (TPSA) is 0 Å². The molecule has 0 saturated heterocycles. The summed E-state index contributed by atoms with van der Waals surface area (Å²) in [5.41, 5.74) is 0. The van der Waals surface area contributed by atoms with Crippen LogP contribution >= 0.6 is 0 Å². The first-order valence-corrected chi connectivity index (χ1v) is 14.9. The van der Waals surface area contributed by atoms with E-state index >= 15 is 0 Å². The van der Waals surface area contributed by atoms with Gasteiger partial charge in [0.15, 0.2) is 0 Å². The van der Waals surface area contributed by atoms with Crippen LogP contribution in [0.25, 0.3) is 0 Å². The smallest absolute Gasteiger partial charge is 0.00576 e. The second-order valence-corrected chi connectivity index (χ2v) is 5.21. The zero-order chi connectivity index (χ0) is 28.8. The van der Waals surface area contributed by atoms with E-state index < -0.39 is 0 Å². The number of hydrogen-bond donors (Lipinski definition) is 0. The molecule has 0 aromatic heterocycles. The van der Waals surface area contributed by atoms with Gasteiger partial charge in [-0.3, -0.25) is 0 Å². The van der Waals surface area contributed by atoms with Gasteiger partial charge in [-0.25, -0.2) is 0 Å². The molecule has 0 aliphatic heterocycles. The molecule has 0 amide bonds. The van der Waals surface area contributed by atoms with Gasteiger partial charge in [-0.2, -0.15) is 0 Å². The van der Waals surface area contributed by atoms with Crippen molar-refractivity contribution in [2.75, 3.05) is 0 Å². The molecule has 0 N–H and O–H groups in total. The van der Waals surface area contributed by atoms with Crippen molar-refractivity contribution in [3.05, 3.63) is 24.3 Å². The van der Waals surface area contributed by atoms with E-state index in [9.17, 15) is 0 Å². The molecule has 33 heavy (non-hydrogen) atoms. The van der Waals surface area contributed by atoms with Crippen molar-refractivity contribution in [2.45, 2.75) is 176 Å². The first-order valence-electron chi connectivity index (χ1n) is 14.9. The summed E-state index contributed by atoms with van der Waals surface area (Å²) < 4.78 is 0. The summed E-state index contributed by atoms with van der Waals surface area (Å²) in [6.07, 6.45) is 23.6. The lowest BCUT2D eigenvalue weighted by atomic mass is 9.94. The Morgan fingerprint density at radius 1 is 0.667 bits per heavy atom. The van der Waals surface area contributed by atoms with Crippen molar-refractivity contribution in [2.24, 2.45) is 5.92 Å². The summed E-state index contributed by atoms with van der Waals surface area (Å²) in [7, 11) is 0. The average molecular weight is 473 g/mol. The molecule has 1 atom stereocenters. The summed E-state index contributed by atoms with van der Waals surface area (Å²) in [5.74, 6) is 3.38. The highest BCUT2D eigenvalue weighted by molar-refractivity contribution is 5.00. The van der Waals surface area contributed by atoms with Crippen molar-refractivity contribution in [3.63, 3.8) is 0 Å². The van der Waals surface area contributed by atoms with Crippen LogP contribution < -0.4 is 0 Å². The molecule has 208 valence electrons. The second kappa shape index (κ2) is 124. The minimum Gasteiger partial charge on any atom is -0.120 e. The molecule has 0 radical (unpaired) electrons. The van der Waals surface area contributed by atoms with Crippen LogP contribution in [-0.2, 0) is 0 Å². The van der Waals surface area contributed by atoms with Gasteiger partial charge in [-0.15, -0.1) is 12.3 Å². The molecule has 1 unspecified atom stereocenters. The maximum Gasteiger partial charge on any atom is 0.00576 e. The number of rotatable bonds is 8.